The lowest BCUT2D eigenvalue weighted by atomic mass is 9.77. The first-order valence-corrected chi connectivity index (χ1v) is 6.81. The van der Waals surface area contributed by atoms with Crippen molar-refractivity contribution in [2.45, 2.75) is 59.3 Å². The standard InChI is InChI=1S/C14H26O2/c1-4-16-14(15)12(3)10-11(2)13-8-6-5-7-9-13/h11-13H,4-10H2,1-3H3. The summed E-state index contributed by atoms with van der Waals surface area (Å²) in [6.45, 7) is 6.67. The van der Waals surface area contributed by atoms with Crippen LogP contribution in [0.3, 0.4) is 0 Å². The highest BCUT2D eigenvalue weighted by atomic mass is 16.5. The molecule has 16 heavy (non-hydrogen) atoms. The lowest BCUT2D eigenvalue weighted by molar-refractivity contribution is -0.148. The summed E-state index contributed by atoms with van der Waals surface area (Å²) in [5.41, 5.74) is 0. The molecule has 0 radical (unpaired) electrons. The van der Waals surface area contributed by atoms with E-state index in [4.69, 9.17) is 4.74 Å². The van der Waals surface area contributed by atoms with Gasteiger partial charge in [0.1, 0.15) is 0 Å². The van der Waals surface area contributed by atoms with Crippen LogP contribution in [-0.4, -0.2) is 12.6 Å². The fraction of sp³-hybridized carbons (Fsp3) is 0.929. The Morgan fingerprint density at radius 3 is 2.44 bits per heavy atom. The summed E-state index contributed by atoms with van der Waals surface area (Å²) in [6.07, 6.45) is 7.86. The molecule has 2 unspecified atom stereocenters. The Kier molecular flexibility index (Phi) is 5.86. The predicted octanol–water partition coefficient (Wildman–Crippen LogP) is 3.79. The second kappa shape index (κ2) is 6.93. The molecule has 0 bridgehead atoms. The monoisotopic (exact) mass is 226 g/mol. The lowest BCUT2D eigenvalue weighted by Gasteiger charge is -2.28. The average Bonchev–Trinajstić information content (AvgIpc) is 2.30. The molecule has 2 heteroatoms. The molecule has 0 aromatic carbocycles. The molecule has 0 aliphatic heterocycles. The molecular formula is C14H26O2. The van der Waals surface area contributed by atoms with E-state index in [2.05, 4.69) is 6.92 Å². The van der Waals surface area contributed by atoms with E-state index < -0.39 is 0 Å². The van der Waals surface area contributed by atoms with E-state index in [0.717, 1.165) is 12.3 Å². The van der Waals surface area contributed by atoms with Crippen LogP contribution in [-0.2, 0) is 9.53 Å². The SMILES string of the molecule is CCOC(=O)C(C)CC(C)C1CCCCC1. The quantitative estimate of drug-likeness (QED) is 0.667. The smallest absolute Gasteiger partial charge is 0.308 e. The van der Waals surface area contributed by atoms with Crippen LogP contribution >= 0.6 is 0 Å². The molecule has 0 saturated heterocycles. The van der Waals surface area contributed by atoms with Crippen LogP contribution in [0.5, 0.6) is 0 Å². The Balaban J connectivity index is 2.31. The summed E-state index contributed by atoms with van der Waals surface area (Å²) < 4.78 is 5.05. The van der Waals surface area contributed by atoms with Gasteiger partial charge >= 0.3 is 5.97 Å². The average molecular weight is 226 g/mol. The summed E-state index contributed by atoms with van der Waals surface area (Å²) in [4.78, 5) is 11.5. The first-order chi connectivity index (χ1) is 7.65. The maximum absolute atomic E-state index is 11.5. The molecule has 0 heterocycles. The van der Waals surface area contributed by atoms with Crippen molar-refractivity contribution < 1.29 is 9.53 Å². The fourth-order valence-corrected chi connectivity index (χ4v) is 2.83. The van der Waals surface area contributed by atoms with E-state index in [1.807, 2.05) is 13.8 Å². The van der Waals surface area contributed by atoms with E-state index in [0.29, 0.717) is 12.5 Å². The first-order valence-electron chi connectivity index (χ1n) is 6.81. The predicted molar refractivity (Wildman–Crippen MR) is 66.2 cm³/mol. The van der Waals surface area contributed by atoms with Crippen molar-refractivity contribution in [2.24, 2.45) is 17.8 Å². The van der Waals surface area contributed by atoms with E-state index in [1.54, 1.807) is 0 Å². The van der Waals surface area contributed by atoms with Gasteiger partial charge in [-0.1, -0.05) is 46.0 Å². The Morgan fingerprint density at radius 1 is 1.25 bits per heavy atom. The molecule has 0 amide bonds. The van der Waals surface area contributed by atoms with Crippen LogP contribution in [0.25, 0.3) is 0 Å². The minimum Gasteiger partial charge on any atom is -0.466 e. The largest absolute Gasteiger partial charge is 0.466 e. The third kappa shape index (κ3) is 4.15. The van der Waals surface area contributed by atoms with Crippen LogP contribution in [0.1, 0.15) is 59.3 Å². The van der Waals surface area contributed by atoms with Crippen molar-refractivity contribution in [3.63, 3.8) is 0 Å². The van der Waals surface area contributed by atoms with Gasteiger partial charge in [0, 0.05) is 0 Å². The van der Waals surface area contributed by atoms with Gasteiger partial charge in [0.05, 0.1) is 12.5 Å². The molecule has 1 saturated carbocycles. The van der Waals surface area contributed by atoms with Crippen molar-refractivity contribution in [2.75, 3.05) is 6.61 Å². The normalized spacial score (nSPS) is 21.4. The molecule has 1 aliphatic carbocycles. The van der Waals surface area contributed by atoms with Gasteiger partial charge in [-0.25, -0.2) is 0 Å². The van der Waals surface area contributed by atoms with Crippen molar-refractivity contribution >= 4 is 5.97 Å². The highest BCUT2D eigenvalue weighted by Crippen LogP contribution is 2.33. The Labute approximate surface area is 99.8 Å². The lowest BCUT2D eigenvalue weighted by Crippen LogP contribution is -2.22. The summed E-state index contributed by atoms with van der Waals surface area (Å²) in [7, 11) is 0. The number of ether oxygens (including phenoxy) is 1. The Morgan fingerprint density at radius 2 is 1.88 bits per heavy atom. The second-order valence-corrected chi connectivity index (χ2v) is 5.26. The number of rotatable bonds is 5. The van der Waals surface area contributed by atoms with E-state index in [1.165, 1.54) is 32.1 Å². The molecule has 0 aromatic heterocycles. The molecule has 2 atom stereocenters. The minimum absolute atomic E-state index is 0.0230. The van der Waals surface area contributed by atoms with Crippen LogP contribution in [0, 0.1) is 17.8 Å². The molecule has 0 N–H and O–H groups in total. The maximum atomic E-state index is 11.5. The van der Waals surface area contributed by atoms with Crippen molar-refractivity contribution in [1.82, 2.24) is 0 Å². The van der Waals surface area contributed by atoms with Crippen LogP contribution < -0.4 is 0 Å². The van der Waals surface area contributed by atoms with Gasteiger partial charge in [0.25, 0.3) is 0 Å². The summed E-state index contributed by atoms with van der Waals surface area (Å²) in [6, 6.07) is 0. The zero-order valence-corrected chi connectivity index (χ0v) is 11.0. The zero-order valence-electron chi connectivity index (χ0n) is 11.0. The molecule has 1 rings (SSSR count). The molecule has 0 spiro atoms. The number of esters is 1. The van der Waals surface area contributed by atoms with E-state index in [9.17, 15) is 4.79 Å². The van der Waals surface area contributed by atoms with Crippen molar-refractivity contribution in [3.05, 3.63) is 0 Å². The Bertz CT molecular complexity index is 207. The second-order valence-electron chi connectivity index (χ2n) is 5.26. The van der Waals surface area contributed by atoms with Gasteiger partial charge in [0.15, 0.2) is 0 Å². The van der Waals surface area contributed by atoms with E-state index in [-0.39, 0.29) is 11.9 Å². The fourth-order valence-electron chi connectivity index (χ4n) is 2.83. The number of carbonyl (C=O) groups excluding carboxylic acids is 1. The maximum Gasteiger partial charge on any atom is 0.308 e. The molecule has 1 aliphatic rings. The van der Waals surface area contributed by atoms with E-state index >= 15 is 0 Å². The van der Waals surface area contributed by atoms with Crippen LogP contribution in [0.15, 0.2) is 0 Å². The van der Waals surface area contributed by atoms with Gasteiger partial charge in [0.2, 0.25) is 0 Å². The molecule has 0 aromatic rings. The number of carbonyl (C=O) groups is 1. The summed E-state index contributed by atoms with van der Waals surface area (Å²) in [5.74, 6) is 1.55. The third-order valence-electron chi connectivity index (χ3n) is 3.87. The third-order valence-corrected chi connectivity index (χ3v) is 3.87. The molecular weight excluding hydrogens is 200 g/mol. The first kappa shape index (κ1) is 13.5. The van der Waals surface area contributed by atoms with Gasteiger partial charge < -0.3 is 4.74 Å². The van der Waals surface area contributed by atoms with Crippen LogP contribution in [0.2, 0.25) is 0 Å². The van der Waals surface area contributed by atoms with Crippen LogP contribution in [0.4, 0.5) is 0 Å². The van der Waals surface area contributed by atoms with Gasteiger partial charge in [-0.15, -0.1) is 0 Å². The minimum atomic E-state index is -0.0230. The molecule has 1 fully saturated rings. The zero-order chi connectivity index (χ0) is 12.0. The Hall–Kier alpha value is -0.530. The molecule has 94 valence electrons. The topological polar surface area (TPSA) is 26.3 Å². The summed E-state index contributed by atoms with van der Waals surface area (Å²) in [5, 5.41) is 0. The van der Waals surface area contributed by atoms with Gasteiger partial charge in [-0.3, -0.25) is 4.79 Å². The number of hydrogen-bond donors (Lipinski definition) is 0. The summed E-state index contributed by atoms with van der Waals surface area (Å²) >= 11 is 0. The molecule has 2 nitrogen and oxygen atoms in total. The highest BCUT2D eigenvalue weighted by Gasteiger charge is 2.24. The van der Waals surface area contributed by atoms with Gasteiger partial charge in [-0.2, -0.15) is 0 Å². The van der Waals surface area contributed by atoms with Crippen molar-refractivity contribution in [3.8, 4) is 0 Å². The van der Waals surface area contributed by atoms with Gasteiger partial charge in [-0.05, 0) is 25.2 Å². The van der Waals surface area contributed by atoms with Crippen molar-refractivity contribution in [1.29, 1.82) is 0 Å². The highest BCUT2D eigenvalue weighted by molar-refractivity contribution is 5.71. The number of hydrogen-bond acceptors (Lipinski definition) is 2.